The maximum absolute atomic E-state index is 4.48. The predicted molar refractivity (Wildman–Crippen MR) is 105 cm³/mol. The second-order valence-corrected chi connectivity index (χ2v) is 7.19. The molecule has 0 unspecified atom stereocenters. The lowest BCUT2D eigenvalue weighted by atomic mass is 10.1. The standard InChI is InChI=1S/C19H24N4S/c1-6-23(7-2)15-8-9-16(12(3)10-15)22-18-17-13(4)14(5)24-19(17)21-11-20-18/h8-11H,6-7H2,1-5H3,(H,20,21,22). The summed E-state index contributed by atoms with van der Waals surface area (Å²) in [5.74, 6) is 0.889. The number of nitrogens with one attached hydrogen (secondary N) is 1. The molecular weight excluding hydrogens is 316 g/mol. The van der Waals surface area contributed by atoms with Gasteiger partial charge in [-0.25, -0.2) is 9.97 Å². The van der Waals surface area contributed by atoms with Crippen LogP contribution in [-0.2, 0) is 0 Å². The second kappa shape index (κ2) is 6.77. The smallest absolute Gasteiger partial charge is 0.142 e. The van der Waals surface area contributed by atoms with E-state index in [-0.39, 0.29) is 0 Å². The maximum atomic E-state index is 4.48. The fraction of sp³-hybridized carbons (Fsp3) is 0.368. The van der Waals surface area contributed by atoms with Crippen molar-refractivity contribution >= 4 is 38.7 Å². The lowest BCUT2D eigenvalue weighted by Crippen LogP contribution is -2.21. The molecule has 0 fully saturated rings. The van der Waals surface area contributed by atoms with E-state index in [1.807, 2.05) is 0 Å². The highest BCUT2D eigenvalue weighted by Gasteiger charge is 2.13. The quantitative estimate of drug-likeness (QED) is 0.692. The van der Waals surface area contributed by atoms with Gasteiger partial charge in [0, 0.05) is 29.3 Å². The summed E-state index contributed by atoms with van der Waals surface area (Å²) in [7, 11) is 0. The summed E-state index contributed by atoms with van der Waals surface area (Å²) in [4.78, 5) is 13.6. The third-order valence-electron chi connectivity index (χ3n) is 4.56. The Bertz CT molecular complexity index is 865. The van der Waals surface area contributed by atoms with Crippen LogP contribution in [0.2, 0.25) is 0 Å². The van der Waals surface area contributed by atoms with Crippen molar-refractivity contribution in [1.82, 2.24) is 9.97 Å². The summed E-state index contributed by atoms with van der Waals surface area (Å²) in [6, 6.07) is 6.55. The van der Waals surface area contributed by atoms with E-state index in [4.69, 9.17) is 0 Å². The van der Waals surface area contributed by atoms with Gasteiger partial charge in [0.05, 0.1) is 5.39 Å². The van der Waals surface area contributed by atoms with E-state index >= 15 is 0 Å². The zero-order chi connectivity index (χ0) is 17.3. The van der Waals surface area contributed by atoms with Gasteiger partial charge in [-0.15, -0.1) is 11.3 Å². The molecule has 3 aromatic rings. The van der Waals surface area contributed by atoms with Crippen molar-refractivity contribution in [3.63, 3.8) is 0 Å². The summed E-state index contributed by atoms with van der Waals surface area (Å²) in [5.41, 5.74) is 4.83. The van der Waals surface area contributed by atoms with Gasteiger partial charge in [-0.1, -0.05) is 0 Å². The van der Waals surface area contributed by atoms with Crippen LogP contribution >= 0.6 is 11.3 Å². The Morgan fingerprint density at radius 1 is 1.08 bits per heavy atom. The molecule has 1 aromatic carbocycles. The summed E-state index contributed by atoms with van der Waals surface area (Å²) < 4.78 is 0. The SMILES string of the molecule is CCN(CC)c1ccc(Nc2ncnc3sc(C)c(C)c23)c(C)c1. The molecule has 0 saturated heterocycles. The molecule has 0 radical (unpaired) electrons. The van der Waals surface area contributed by atoms with Gasteiger partial charge < -0.3 is 10.2 Å². The van der Waals surface area contributed by atoms with Crippen LogP contribution in [-0.4, -0.2) is 23.1 Å². The molecule has 0 atom stereocenters. The molecule has 0 bridgehead atoms. The molecule has 0 aliphatic carbocycles. The van der Waals surface area contributed by atoms with Crippen LogP contribution < -0.4 is 10.2 Å². The van der Waals surface area contributed by atoms with Gasteiger partial charge in [0.2, 0.25) is 0 Å². The van der Waals surface area contributed by atoms with Crippen LogP contribution in [0.3, 0.4) is 0 Å². The Balaban J connectivity index is 1.97. The first-order chi connectivity index (χ1) is 11.5. The molecule has 4 nitrogen and oxygen atoms in total. The molecule has 2 heterocycles. The molecule has 1 N–H and O–H groups in total. The zero-order valence-corrected chi connectivity index (χ0v) is 15.8. The Morgan fingerprint density at radius 3 is 2.50 bits per heavy atom. The predicted octanol–water partition coefficient (Wildman–Crippen LogP) is 5.21. The summed E-state index contributed by atoms with van der Waals surface area (Å²) >= 11 is 1.72. The zero-order valence-electron chi connectivity index (χ0n) is 15.0. The fourth-order valence-electron chi connectivity index (χ4n) is 2.98. The molecule has 2 aromatic heterocycles. The number of fused-ring (bicyclic) bond motifs is 1. The highest BCUT2D eigenvalue weighted by molar-refractivity contribution is 7.18. The number of hydrogen-bond acceptors (Lipinski definition) is 5. The number of rotatable bonds is 5. The Morgan fingerprint density at radius 2 is 1.83 bits per heavy atom. The van der Waals surface area contributed by atoms with E-state index in [2.05, 4.69) is 73.0 Å². The van der Waals surface area contributed by atoms with E-state index in [1.54, 1.807) is 17.7 Å². The summed E-state index contributed by atoms with van der Waals surface area (Å²) in [6.45, 7) is 12.8. The molecule has 0 aliphatic rings. The van der Waals surface area contributed by atoms with Gasteiger partial charge in [0.25, 0.3) is 0 Å². The van der Waals surface area contributed by atoms with Crippen LogP contribution in [0.1, 0.15) is 29.9 Å². The van der Waals surface area contributed by atoms with Crippen molar-refractivity contribution < 1.29 is 0 Å². The number of hydrogen-bond donors (Lipinski definition) is 1. The molecule has 0 spiro atoms. The van der Waals surface area contributed by atoms with Crippen molar-refractivity contribution in [3.8, 4) is 0 Å². The second-order valence-electron chi connectivity index (χ2n) is 5.98. The van der Waals surface area contributed by atoms with E-state index in [0.717, 1.165) is 34.8 Å². The van der Waals surface area contributed by atoms with Gasteiger partial charge in [0.1, 0.15) is 17.0 Å². The third kappa shape index (κ3) is 2.96. The van der Waals surface area contributed by atoms with Gasteiger partial charge in [-0.05, 0) is 63.9 Å². The summed E-state index contributed by atoms with van der Waals surface area (Å²) in [5, 5.41) is 4.64. The Hall–Kier alpha value is -2.14. The molecular formula is C19H24N4S. The molecule has 0 saturated carbocycles. The molecule has 5 heteroatoms. The Kier molecular flexibility index (Phi) is 4.71. The van der Waals surface area contributed by atoms with E-state index in [9.17, 15) is 0 Å². The van der Waals surface area contributed by atoms with Gasteiger partial charge in [0.15, 0.2) is 0 Å². The first kappa shape index (κ1) is 16.7. The van der Waals surface area contributed by atoms with Crippen LogP contribution in [0.15, 0.2) is 24.5 Å². The average molecular weight is 340 g/mol. The lowest BCUT2D eigenvalue weighted by Gasteiger charge is -2.22. The monoisotopic (exact) mass is 340 g/mol. The van der Waals surface area contributed by atoms with Gasteiger partial charge >= 0.3 is 0 Å². The lowest BCUT2D eigenvalue weighted by molar-refractivity contribution is 0.866. The minimum atomic E-state index is 0.889. The van der Waals surface area contributed by atoms with Crippen molar-refractivity contribution in [1.29, 1.82) is 0 Å². The van der Waals surface area contributed by atoms with Gasteiger partial charge in [-0.2, -0.15) is 0 Å². The van der Waals surface area contributed by atoms with Crippen molar-refractivity contribution in [2.24, 2.45) is 0 Å². The number of aryl methyl sites for hydroxylation is 3. The highest BCUT2D eigenvalue weighted by atomic mass is 32.1. The molecule has 24 heavy (non-hydrogen) atoms. The topological polar surface area (TPSA) is 41.0 Å². The molecule has 3 rings (SSSR count). The van der Waals surface area contributed by atoms with E-state index < -0.39 is 0 Å². The fourth-order valence-corrected chi connectivity index (χ4v) is 3.98. The first-order valence-electron chi connectivity index (χ1n) is 8.38. The van der Waals surface area contributed by atoms with Crippen molar-refractivity contribution in [2.45, 2.75) is 34.6 Å². The Labute approximate surface area is 147 Å². The first-order valence-corrected chi connectivity index (χ1v) is 9.20. The third-order valence-corrected chi connectivity index (χ3v) is 5.67. The minimum absolute atomic E-state index is 0.889. The number of thiophene rings is 1. The highest BCUT2D eigenvalue weighted by Crippen LogP contribution is 2.34. The molecule has 0 aliphatic heterocycles. The number of anilines is 3. The van der Waals surface area contributed by atoms with Crippen LogP contribution in [0, 0.1) is 20.8 Å². The van der Waals surface area contributed by atoms with Crippen LogP contribution in [0.25, 0.3) is 10.2 Å². The van der Waals surface area contributed by atoms with Crippen molar-refractivity contribution in [2.75, 3.05) is 23.3 Å². The summed E-state index contributed by atoms with van der Waals surface area (Å²) in [6.07, 6.45) is 1.64. The van der Waals surface area contributed by atoms with Crippen LogP contribution in [0.4, 0.5) is 17.2 Å². The average Bonchev–Trinajstić information content (AvgIpc) is 2.86. The minimum Gasteiger partial charge on any atom is -0.372 e. The van der Waals surface area contributed by atoms with E-state index in [1.165, 1.54) is 21.7 Å². The number of benzene rings is 1. The molecule has 0 amide bonds. The number of nitrogens with zero attached hydrogens (tertiary/aromatic N) is 3. The van der Waals surface area contributed by atoms with Gasteiger partial charge in [-0.3, -0.25) is 0 Å². The van der Waals surface area contributed by atoms with E-state index in [0.29, 0.717) is 0 Å². The van der Waals surface area contributed by atoms with Crippen molar-refractivity contribution in [3.05, 3.63) is 40.5 Å². The maximum Gasteiger partial charge on any atom is 0.142 e. The molecule has 126 valence electrons. The largest absolute Gasteiger partial charge is 0.372 e. The number of aromatic nitrogens is 2. The normalized spacial score (nSPS) is 11.0. The van der Waals surface area contributed by atoms with Crippen LogP contribution in [0.5, 0.6) is 0 Å².